The number of hydrogen-bond acceptors (Lipinski definition) is 6. The van der Waals surface area contributed by atoms with Gasteiger partial charge in [0, 0.05) is 5.56 Å². The van der Waals surface area contributed by atoms with Crippen LogP contribution < -0.4 is 4.90 Å². The van der Waals surface area contributed by atoms with Gasteiger partial charge in [-0.3, -0.25) is 4.79 Å². The summed E-state index contributed by atoms with van der Waals surface area (Å²) in [7, 11) is 0. The SMILES string of the molecule is CCOC(=O)C(C)c1ccc(-c2ccc(-c3noc(C)c3N(C(=O)OCC)c3ccccc3Cl)cc2)cc1. The third-order valence-electron chi connectivity index (χ3n) is 6.14. The number of carbonyl (C=O) groups excluding carboxylic acids is 2. The lowest BCUT2D eigenvalue weighted by molar-refractivity contribution is -0.144. The van der Waals surface area contributed by atoms with E-state index < -0.39 is 6.09 Å². The van der Waals surface area contributed by atoms with Crippen LogP contribution in [0.2, 0.25) is 5.02 Å². The van der Waals surface area contributed by atoms with Gasteiger partial charge in [0.1, 0.15) is 11.4 Å². The van der Waals surface area contributed by atoms with Crippen molar-refractivity contribution in [1.29, 1.82) is 0 Å². The molecule has 0 spiro atoms. The van der Waals surface area contributed by atoms with Gasteiger partial charge < -0.3 is 14.0 Å². The topological polar surface area (TPSA) is 81.9 Å². The number of benzene rings is 3. The summed E-state index contributed by atoms with van der Waals surface area (Å²) in [5.74, 6) is -0.124. The van der Waals surface area contributed by atoms with E-state index >= 15 is 0 Å². The van der Waals surface area contributed by atoms with E-state index in [9.17, 15) is 9.59 Å². The maximum atomic E-state index is 13.1. The van der Waals surface area contributed by atoms with Gasteiger partial charge >= 0.3 is 12.1 Å². The molecule has 1 aromatic heterocycles. The van der Waals surface area contributed by atoms with Gasteiger partial charge in [-0.15, -0.1) is 0 Å². The Kier molecular flexibility index (Phi) is 8.48. The van der Waals surface area contributed by atoms with Gasteiger partial charge in [0.2, 0.25) is 0 Å². The number of aryl methyl sites for hydroxylation is 1. The van der Waals surface area contributed by atoms with E-state index in [1.165, 1.54) is 4.90 Å². The lowest BCUT2D eigenvalue weighted by Crippen LogP contribution is -2.27. The van der Waals surface area contributed by atoms with Crippen LogP contribution in [0, 0.1) is 6.92 Å². The first-order valence-corrected chi connectivity index (χ1v) is 12.8. The average molecular weight is 533 g/mol. The van der Waals surface area contributed by atoms with E-state index in [0.29, 0.717) is 34.5 Å². The Morgan fingerprint density at radius 1 is 0.895 bits per heavy atom. The first kappa shape index (κ1) is 26.9. The Morgan fingerprint density at radius 3 is 2.08 bits per heavy atom. The predicted octanol–water partition coefficient (Wildman–Crippen LogP) is 7.93. The standard InChI is InChI=1S/C30H29ClN2O5/c1-5-36-29(34)19(3)21-11-13-22(14-12-21)23-15-17-24(18-16-23)27-28(20(4)38-32-27)33(30(35)37-6-2)26-10-8-7-9-25(26)31/h7-19H,5-6H2,1-4H3. The molecule has 0 aliphatic heterocycles. The zero-order valence-corrected chi connectivity index (χ0v) is 22.5. The summed E-state index contributed by atoms with van der Waals surface area (Å²) in [6.07, 6.45) is -0.582. The number of esters is 1. The molecule has 4 rings (SSSR count). The highest BCUT2D eigenvalue weighted by Gasteiger charge is 2.29. The second kappa shape index (κ2) is 12.0. The number of para-hydroxylation sites is 1. The van der Waals surface area contributed by atoms with Crippen LogP contribution in [0.4, 0.5) is 16.2 Å². The molecular formula is C30H29ClN2O5. The summed E-state index contributed by atoms with van der Waals surface area (Å²) in [4.78, 5) is 26.5. The van der Waals surface area contributed by atoms with Gasteiger partial charge in [-0.05, 0) is 56.5 Å². The van der Waals surface area contributed by atoms with Crippen molar-refractivity contribution in [2.75, 3.05) is 18.1 Å². The maximum Gasteiger partial charge on any atom is 0.419 e. The fraction of sp³-hybridized carbons (Fsp3) is 0.233. The van der Waals surface area contributed by atoms with Crippen molar-refractivity contribution in [2.24, 2.45) is 0 Å². The molecule has 4 aromatic rings. The number of ether oxygens (including phenoxy) is 2. The highest BCUT2D eigenvalue weighted by Crippen LogP contribution is 2.41. The van der Waals surface area contributed by atoms with Crippen LogP contribution in [0.25, 0.3) is 22.4 Å². The third-order valence-corrected chi connectivity index (χ3v) is 6.46. The molecule has 1 amide bonds. The minimum Gasteiger partial charge on any atom is -0.466 e. The van der Waals surface area contributed by atoms with Gasteiger partial charge in [-0.2, -0.15) is 0 Å². The Labute approximate surface area is 226 Å². The smallest absolute Gasteiger partial charge is 0.419 e. The second-order valence-corrected chi connectivity index (χ2v) is 9.00. The molecule has 1 unspecified atom stereocenters. The summed E-state index contributed by atoms with van der Waals surface area (Å²) in [6, 6.07) is 22.6. The van der Waals surface area contributed by atoms with E-state index in [1.807, 2.05) is 55.5 Å². The summed E-state index contributed by atoms with van der Waals surface area (Å²) >= 11 is 6.46. The van der Waals surface area contributed by atoms with Crippen LogP contribution in [-0.2, 0) is 14.3 Å². The quantitative estimate of drug-likeness (QED) is 0.214. The van der Waals surface area contributed by atoms with Crippen molar-refractivity contribution >= 4 is 35.0 Å². The average Bonchev–Trinajstić information content (AvgIpc) is 3.30. The normalized spacial score (nSPS) is 11.6. The zero-order valence-electron chi connectivity index (χ0n) is 21.7. The molecule has 1 heterocycles. The van der Waals surface area contributed by atoms with E-state index in [0.717, 1.165) is 22.3 Å². The molecule has 8 heteroatoms. The Morgan fingerprint density at radius 2 is 1.47 bits per heavy atom. The molecular weight excluding hydrogens is 504 g/mol. The number of anilines is 2. The zero-order chi connectivity index (χ0) is 27.2. The van der Waals surface area contributed by atoms with E-state index in [4.69, 9.17) is 25.6 Å². The highest BCUT2D eigenvalue weighted by molar-refractivity contribution is 6.34. The van der Waals surface area contributed by atoms with Gasteiger partial charge in [0.25, 0.3) is 0 Å². The van der Waals surface area contributed by atoms with Crippen LogP contribution in [0.15, 0.2) is 77.3 Å². The molecule has 1 atom stereocenters. The van der Waals surface area contributed by atoms with Gasteiger partial charge in [0.05, 0.1) is 29.8 Å². The molecule has 38 heavy (non-hydrogen) atoms. The summed E-state index contributed by atoms with van der Waals surface area (Å²) in [6.45, 7) is 7.67. The van der Waals surface area contributed by atoms with Crippen LogP contribution in [0.1, 0.15) is 38.0 Å². The minimum atomic E-state index is -0.582. The minimum absolute atomic E-state index is 0.200. The van der Waals surface area contributed by atoms with E-state index in [1.54, 1.807) is 45.0 Å². The van der Waals surface area contributed by atoms with Crippen molar-refractivity contribution in [3.63, 3.8) is 0 Å². The van der Waals surface area contributed by atoms with Gasteiger partial charge in [-0.25, -0.2) is 9.69 Å². The molecule has 0 aliphatic rings. The van der Waals surface area contributed by atoms with Gasteiger partial charge in [0.15, 0.2) is 5.76 Å². The fourth-order valence-corrected chi connectivity index (χ4v) is 4.36. The van der Waals surface area contributed by atoms with Crippen molar-refractivity contribution in [2.45, 2.75) is 33.6 Å². The molecule has 0 saturated heterocycles. The predicted molar refractivity (Wildman–Crippen MR) is 148 cm³/mol. The molecule has 0 bridgehead atoms. The first-order chi connectivity index (χ1) is 18.3. The van der Waals surface area contributed by atoms with Crippen molar-refractivity contribution in [1.82, 2.24) is 5.16 Å². The Balaban J connectivity index is 1.66. The molecule has 3 aromatic carbocycles. The highest BCUT2D eigenvalue weighted by atomic mass is 35.5. The van der Waals surface area contributed by atoms with E-state index in [-0.39, 0.29) is 18.5 Å². The molecule has 0 aliphatic carbocycles. The van der Waals surface area contributed by atoms with Crippen LogP contribution in [0.5, 0.6) is 0 Å². The van der Waals surface area contributed by atoms with Crippen molar-refractivity contribution in [3.8, 4) is 22.4 Å². The number of rotatable bonds is 8. The summed E-state index contributed by atoms with van der Waals surface area (Å²) in [5, 5.41) is 4.65. The first-order valence-electron chi connectivity index (χ1n) is 12.4. The second-order valence-electron chi connectivity index (χ2n) is 8.59. The largest absolute Gasteiger partial charge is 0.466 e. The summed E-state index contributed by atoms with van der Waals surface area (Å²) in [5.41, 5.74) is 5.05. The van der Waals surface area contributed by atoms with Crippen molar-refractivity contribution in [3.05, 3.63) is 89.1 Å². The Bertz CT molecular complexity index is 1410. The molecule has 0 fully saturated rings. The summed E-state index contributed by atoms with van der Waals surface area (Å²) < 4.78 is 16.0. The number of carbonyl (C=O) groups is 2. The van der Waals surface area contributed by atoms with Crippen molar-refractivity contribution < 1.29 is 23.6 Å². The molecule has 196 valence electrons. The molecule has 0 radical (unpaired) electrons. The number of amides is 1. The van der Waals surface area contributed by atoms with Crippen LogP contribution in [0.3, 0.4) is 0 Å². The maximum absolute atomic E-state index is 13.1. The molecule has 0 N–H and O–H groups in total. The van der Waals surface area contributed by atoms with Crippen LogP contribution >= 0.6 is 11.6 Å². The lowest BCUT2D eigenvalue weighted by atomic mass is 9.97. The third kappa shape index (κ3) is 5.58. The monoisotopic (exact) mass is 532 g/mol. The molecule has 0 saturated carbocycles. The van der Waals surface area contributed by atoms with Gasteiger partial charge in [-0.1, -0.05) is 77.4 Å². The fourth-order valence-electron chi connectivity index (χ4n) is 4.14. The number of nitrogens with zero attached hydrogens (tertiary/aromatic N) is 2. The number of aromatic nitrogens is 1. The van der Waals surface area contributed by atoms with Crippen LogP contribution in [-0.4, -0.2) is 30.4 Å². The molecule has 7 nitrogen and oxygen atoms in total. The lowest BCUT2D eigenvalue weighted by Gasteiger charge is -2.23. The Hall–Kier alpha value is -4.10. The van der Waals surface area contributed by atoms with E-state index in [2.05, 4.69) is 5.16 Å². The number of hydrogen-bond donors (Lipinski definition) is 0. The number of halogens is 1.